The molecule has 0 aromatic carbocycles. The molecule has 2 aliphatic rings. The van der Waals surface area contributed by atoms with Gasteiger partial charge in [0.25, 0.3) is 0 Å². The van der Waals surface area contributed by atoms with Gasteiger partial charge in [0.05, 0.1) is 6.04 Å². The van der Waals surface area contributed by atoms with Crippen LogP contribution >= 0.6 is 11.3 Å². The number of likely N-dealkylation sites (tertiary alicyclic amines) is 1. The van der Waals surface area contributed by atoms with E-state index in [4.69, 9.17) is 0 Å². The summed E-state index contributed by atoms with van der Waals surface area (Å²) in [7, 11) is 2.17. The summed E-state index contributed by atoms with van der Waals surface area (Å²) < 4.78 is 0. The van der Waals surface area contributed by atoms with E-state index >= 15 is 0 Å². The minimum atomic E-state index is 0.105. The van der Waals surface area contributed by atoms with Crippen LogP contribution in [0.2, 0.25) is 0 Å². The smallest absolute Gasteiger partial charge is 0.317 e. The van der Waals surface area contributed by atoms with Gasteiger partial charge < -0.3 is 15.1 Å². The van der Waals surface area contributed by atoms with E-state index < -0.39 is 0 Å². The molecule has 1 N–H and O–H groups in total. The highest BCUT2D eigenvalue weighted by atomic mass is 32.1. The molecule has 2 saturated heterocycles. The quantitative estimate of drug-likeness (QED) is 0.919. The van der Waals surface area contributed by atoms with Crippen molar-refractivity contribution in [2.75, 3.05) is 52.9 Å². The van der Waals surface area contributed by atoms with E-state index in [1.54, 1.807) is 11.3 Å². The topological polar surface area (TPSA) is 38.8 Å². The number of carbonyl (C=O) groups excluding carboxylic acids is 1. The third-order valence-electron chi connectivity index (χ3n) is 4.69. The molecule has 5 nitrogen and oxygen atoms in total. The highest BCUT2D eigenvalue weighted by Crippen LogP contribution is 2.25. The Morgan fingerprint density at radius 3 is 2.59 bits per heavy atom. The first-order valence-electron chi connectivity index (χ1n) is 8.23. The van der Waals surface area contributed by atoms with Crippen LogP contribution in [0.5, 0.6) is 0 Å². The molecule has 2 amide bonds. The van der Waals surface area contributed by atoms with E-state index in [1.807, 2.05) is 4.90 Å². The Kier molecular flexibility index (Phi) is 5.33. The lowest BCUT2D eigenvalue weighted by Crippen LogP contribution is -2.49. The number of piperazine rings is 1. The number of thiophene rings is 1. The molecule has 22 heavy (non-hydrogen) atoms. The van der Waals surface area contributed by atoms with E-state index in [2.05, 4.69) is 39.7 Å². The summed E-state index contributed by atoms with van der Waals surface area (Å²) in [6.45, 7) is 6.86. The average molecular weight is 322 g/mol. The Morgan fingerprint density at radius 2 is 1.95 bits per heavy atom. The molecule has 2 fully saturated rings. The van der Waals surface area contributed by atoms with Crippen LogP contribution in [-0.4, -0.2) is 73.6 Å². The first-order chi connectivity index (χ1) is 10.7. The van der Waals surface area contributed by atoms with Crippen LogP contribution in [0, 0.1) is 0 Å². The lowest BCUT2D eigenvalue weighted by Gasteiger charge is -2.37. The third kappa shape index (κ3) is 3.80. The first kappa shape index (κ1) is 15.8. The van der Waals surface area contributed by atoms with Crippen molar-refractivity contribution in [3.8, 4) is 0 Å². The summed E-state index contributed by atoms with van der Waals surface area (Å²) in [5.74, 6) is 0. The second kappa shape index (κ2) is 7.44. The highest BCUT2D eigenvalue weighted by Gasteiger charge is 2.26. The van der Waals surface area contributed by atoms with Crippen molar-refractivity contribution < 1.29 is 4.79 Å². The molecule has 1 aromatic heterocycles. The molecule has 0 bridgehead atoms. The number of rotatable bonds is 4. The van der Waals surface area contributed by atoms with Gasteiger partial charge in [0, 0.05) is 50.7 Å². The van der Waals surface area contributed by atoms with Gasteiger partial charge >= 0.3 is 6.03 Å². The number of urea groups is 1. The van der Waals surface area contributed by atoms with E-state index in [9.17, 15) is 4.79 Å². The minimum absolute atomic E-state index is 0.105. The van der Waals surface area contributed by atoms with Crippen LogP contribution in [0.1, 0.15) is 23.8 Å². The Balaban J connectivity index is 1.60. The predicted molar refractivity (Wildman–Crippen MR) is 90.3 cm³/mol. The van der Waals surface area contributed by atoms with Crippen molar-refractivity contribution in [1.29, 1.82) is 0 Å². The normalized spacial score (nSPS) is 22.0. The van der Waals surface area contributed by atoms with Gasteiger partial charge in [-0.05, 0) is 31.3 Å². The molecule has 0 radical (unpaired) electrons. The SMILES string of the molecule is CN1CCN([C@H](CNC(=O)N2CCCC2)c2cccs2)CC1. The average Bonchev–Trinajstić information content (AvgIpc) is 3.22. The number of likely N-dealkylation sites (N-methyl/N-ethyl adjacent to an activating group) is 1. The summed E-state index contributed by atoms with van der Waals surface area (Å²) >= 11 is 1.79. The second-order valence-electron chi connectivity index (χ2n) is 6.25. The van der Waals surface area contributed by atoms with E-state index in [0.29, 0.717) is 12.6 Å². The van der Waals surface area contributed by atoms with Crippen LogP contribution < -0.4 is 5.32 Å². The van der Waals surface area contributed by atoms with Gasteiger partial charge in [0.15, 0.2) is 0 Å². The zero-order valence-corrected chi connectivity index (χ0v) is 14.1. The molecule has 2 aliphatic heterocycles. The maximum atomic E-state index is 12.2. The molecule has 122 valence electrons. The molecular formula is C16H26N4OS. The molecule has 1 aromatic rings. The number of nitrogens with zero attached hydrogens (tertiary/aromatic N) is 3. The fraction of sp³-hybridized carbons (Fsp3) is 0.688. The van der Waals surface area contributed by atoms with Gasteiger partial charge in [0.1, 0.15) is 0 Å². The van der Waals surface area contributed by atoms with Crippen molar-refractivity contribution in [2.24, 2.45) is 0 Å². The Hall–Kier alpha value is -1.11. The maximum absolute atomic E-state index is 12.2. The third-order valence-corrected chi connectivity index (χ3v) is 5.66. The number of carbonyl (C=O) groups is 1. The lowest BCUT2D eigenvalue weighted by molar-refractivity contribution is 0.111. The molecule has 3 heterocycles. The fourth-order valence-electron chi connectivity index (χ4n) is 3.24. The number of hydrogen-bond donors (Lipinski definition) is 1. The Bertz CT molecular complexity index is 465. The molecule has 6 heteroatoms. The summed E-state index contributed by atoms with van der Waals surface area (Å²) in [6.07, 6.45) is 2.28. The predicted octanol–water partition coefficient (Wildman–Crippen LogP) is 1.84. The van der Waals surface area contributed by atoms with E-state index in [-0.39, 0.29) is 6.03 Å². The van der Waals surface area contributed by atoms with Crippen LogP contribution in [0.15, 0.2) is 17.5 Å². The van der Waals surface area contributed by atoms with Gasteiger partial charge in [-0.2, -0.15) is 0 Å². The second-order valence-corrected chi connectivity index (χ2v) is 7.23. The summed E-state index contributed by atoms with van der Waals surface area (Å²) in [5.41, 5.74) is 0. The molecule has 0 saturated carbocycles. The van der Waals surface area contributed by atoms with Crippen molar-refractivity contribution in [3.63, 3.8) is 0 Å². The van der Waals surface area contributed by atoms with Crippen LogP contribution in [0.3, 0.4) is 0 Å². The fourth-order valence-corrected chi connectivity index (χ4v) is 4.10. The van der Waals surface area contributed by atoms with E-state index in [1.165, 1.54) is 4.88 Å². The zero-order valence-electron chi connectivity index (χ0n) is 13.3. The van der Waals surface area contributed by atoms with Crippen molar-refractivity contribution in [2.45, 2.75) is 18.9 Å². The monoisotopic (exact) mass is 322 g/mol. The largest absolute Gasteiger partial charge is 0.336 e. The molecule has 0 aliphatic carbocycles. The number of nitrogens with one attached hydrogen (secondary N) is 1. The van der Waals surface area contributed by atoms with Crippen LogP contribution in [0.4, 0.5) is 4.79 Å². The summed E-state index contributed by atoms with van der Waals surface area (Å²) in [6, 6.07) is 4.70. The molecule has 3 rings (SSSR count). The van der Waals surface area contributed by atoms with Crippen molar-refractivity contribution in [1.82, 2.24) is 20.0 Å². The number of amides is 2. The summed E-state index contributed by atoms with van der Waals surface area (Å²) in [4.78, 5) is 20.4. The van der Waals surface area contributed by atoms with Gasteiger partial charge in [-0.1, -0.05) is 6.07 Å². The first-order valence-corrected chi connectivity index (χ1v) is 9.11. The van der Waals surface area contributed by atoms with E-state index in [0.717, 1.165) is 52.1 Å². The van der Waals surface area contributed by atoms with Gasteiger partial charge in [0.2, 0.25) is 0 Å². The van der Waals surface area contributed by atoms with Gasteiger partial charge in [-0.3, -0.25) is 4.90 Å². The standard InChI is InChI=1S/C16H26N4OS/c1-18-8-10-19(11-9-18)14(15-5-4-12-22-15)13-17-16(21)20-6-2-3-7-20/h4-5,12,14H,2-3,6-11,13H2,1H3,(H,17,21)/t14-/m1/s1. The molecule has 1 atom stereocenters. The molecule has 0 spiro atoms. The van der Waals surface area contributed by atoms with Crippen molar-refractivity contribution in [3.05, 3.63) is 22.4 Å². The van der Waals surface area contributed by atoms with Crippen LogP contribution in [-0.2, 0) is 0 Å². The van der Waals surface area contributed by atoms with Gasteiger partial charge in [-0.25, -0.2) is 4.79 Å². The molecule has 0 unspecified atom stereocenters. The maximum Gasteiger partial charge on any atom is 0.317 e. The Labute approximate surface area is 136 Å². The zero-order chi connectivity index (χ0) is 15.4. The minimum Gasteiger partial charge on any atom is -0.336 e. The summed E-state index contributed by atoms with van der Waals surface area (Å²) in [5, 5.41) is 5.29. The van der Waals surface area contributed by atoms with Gasteiger partial charge in [-0.15, -0.1) is 11.3 Å². The van der Waals surface area contributed by atoms with Crippen molar-refractivity contribution >= 4 is 17.4 Å². The number of hydrogen-bond acceptors (Lipinski definition) is 4. The van der Waals surface area contributed by atoms with Crippen LogP contribution in [0.25, 0.3) is 0 Å². The highest BCUT2D eigenvalue weighted by molar-refractivity contribution is 7.10. The molecular weight excluding hydrogens is 296 g/mol. The lowest BCUT2D eigenvalue weighted by atomic mass is 10.1. The Morgan fingerprint density at radius 1 is 1.23 bits per heavy atom.